The zero-order valence-corrected chi connectivity index (χ0v) is 18.0. The maximum Gasteiger partial charge on any atom is 0.296 e. The van der Waals surface area contributed by atoms with Gasteiger partial charge in [0.25, 0.3) is 11.1 Å². The number of nitrogens with zero attached hydrogens (tertiary/aromatic N) is 4. The van der Waals surface area contributed by atoms with Crippen molar-refractivity contribution >= 4 is 22.4 Å². The van der Waals surface area contributed by atoms with Crippen LogP contribution in [-0.4, -0.2) is 33.2 Å². The summed E-state index contributed by atoms with van der Waals surface area (Å²) < 4.78 is 24.1. The predicted octanol–water partition coefficient (Wildman–Crippen LogP) is 4.28. The van der Waals surface area contributed by atoms with E-state index in [1.54, 1.807) is 19.2 Å². The van der Waals surface area contributed by atoms with E-state index in [-0.39, 0.29) is 16.9 Å². The van der Waals surface area contributed by atoms with Gasteiger partial charge in [-0.2, -0.15) is 4.39 Å². The van der Waals surface area contributed by atoms with Crippen LogP contribution in [0, 0.1) is 12.9 Å². The first-order chi connectivity index (χ1) is 15.5. The fourth-order valence-corrected chi connectivity index (χ4v) is 3.57. The lowest BCUT2D eigenvalue weighted by Crippen LogP contribution is -2.14. The summed E-state index contributed by atoms with van der Waals surface area (Å²) in [7, 11) is 1.58. The number of hydrogen-bond acceptors (Lipinski definition) is 8. The monoisotopic (exact) mass is 451 g/mol. The molecule has 8 nitrogen and oxygen atoms in total. The van der Waals surface area contributed by atoms with Crippen LogP contribution >= 0.6 is 11.3 Å². The van der Waals surface area contributed by atoms with Crippen LogP contribution in [-0.2, 0) is 6.61 Å². The molecule has 1 N–H and O–H groups in total. The first-order valence-corrected chi connectivity index (χ1v) is 10.3. The molecule has 3 heterocycles. The van der Waals surface area contributed by atoms with Crippen molar-refractivity contribution in [1.82, 2.24) is 20.2 Å². The number of aryl methyl sites for hydroxylation is 1. The molecule has 0 unspecified atom stereocenters. The van der Waals surface area contributed by atoms with E-state index >= 15 is 0 Å². The number of pyridine rings is 2. The molecule has 0 atom stereocenters. The lowest BCUT2D eigenvalue weighted by atomic mass is 9.99. The molecule has 0 aliphatic carbocycles. The Bertz CT molecular complexity index is 1260. The molecular weight excluding hydrogens is 433 g/mol. The third-order valence-electron chi connectivity index (χ3n) is 4.43. The molecule has 32 heavy (non-hydrogen) atoms. The Labute approximate surface area is 187 Å². The minimum atomic E-state index is -0.589. The van der Waals surface area contributed by atoms with Gasteiger partial charge in [0.05, 0.1) is 18.4 Å². The summed E-state index contributed by atoms with van der Waals surface area (Å²) in [5.41, 5.74) is 3.00. The number of ether oxygens (including phenoxy) is 2. The number of rotatable bonds is 7. The van der Waals surface area contributed by atoms with Crippen molar-refractivity contribution in [1.29, 1.82) is 0 Å². The molecule has 0 radical (unpaired) electrons. The lowest BCUT2D eigenvalue weighted by Gasteiger charge is -2.13. The molecule has 1 aromatic carbocycles. The predicted molar refractivity (Wildman–Crippen MR) is 117 cm³/mol. The number of benzene rings is 1. The number of carbonyl (C=O) groups is 1. The second-order valence-electron chi connectivity index (χ2n) is 6.64. The Kier molecular flexibility index (Phi) is 6.31. The summed E-state index contributed by atoms with van der Waals surface area (Å²) in [6, 6.07) is 13.7. The van der Waals surface area contributed by atoms with Crippen molar-refractivity contribution in [3.63, 3.8) is 0 Å². The van der Waals surface area contributed by atoms with Crippen LogP contribution < -0.4 is 14.8 Å². The minimum Gasteiger partial charge on any atom is -0.496 e. The van der Waals surface area contributed by atoms with E-state index in [1.807, 2.05) is 37.3 Å². The molecule has 0 aliphatic heterocycles. The van der Waals surface area contributed by atoms with E-state index in [2.05, 4.69) is 25.5 Å². The normalized spacial score (nSPS) is 10.6. The molecule has 4 aromatic rings. The minimum absolute atomic E-state index is 0.0279. The second kappa shape index (κ2) is 9.48. The van der Waals surface area contributed by atoms with E-state index in [9.17, 15) is 9.18 Å². The largest absolute Gasteiger partial charge is 0.496 e. The van der Waals surface area contributed by atoms with Crippen molar-refractivity contribution in [3.05, 3.63) is 77.6 Å². The second-order valence-corrected chi connectivity index (χ2v) is 7.58. The van der Waals surface area contributed by atoms with Crippen molar-refractivity contribution < 1.29 is 18.7 Å². The van der Waals surface area contributed by atoms with E-state index in [1.165, 1.54) is 12.3 Å². The van der Waals surface area contributed by atoms with Crippen molar-refractivity contribution in [2.75, 3.05) is 12.4 Å². The van der Waals surface area contributed by atoms with E-state index in [0.29, 0.717) is 22.6 Å². The zero-order valence-electron chi connectivity index (χ0n) is 17.2. The summed E-state index contributed by atoms with van der Waals surface area (Å²) >= 11 is 1.05. The number of para-hydroxylation sites is 1. The molecule has 4 rings (SSSR count). The van der Waals surface area contributed by atoms with Crippen LogP contribution in [0.3, 0.4) is 0 Å². The smallest absolute Gasteiger partial charge is 0.296 e. The van der Waals surface area contributed by atoms with Crippen LogP contribution in [0.25, 0.3) is 11.1 Å². The summed E-state index contributed by atoms with van der Waals surface area (Å²) in [4.78, 5) is 21.0. The Balaban J connectivity index is 1.51. The Morgan fingerprint density at radius 3 is 2.78 bits per heavy atom. The van der Waals surface area contributed by atoms with Gasteiger partial charge < -0.3 is 9.47 Å². The highest BCUT2D eigenvalue weighted by atomic mass is 32.1. The van der Waals surface area contributed by atoms with Gasteiger partial charge in [-0.1, -0.05) is 29.4 Å². The Hall–Kier alpha value is -3.92. The van der Waals surface area contributed by atoms with E-state index < -0.39 is 11.9 Å². The summed E-state index contributed by atoms with van der Waals surface area (Å²) in [5.74, 6) is -0.341. The topological polar surface area (TPSA) is 99.1 Å². The molecule has 0 saturated carbocycles. The van der Waals surface area contributed by atoms with Crippen molar-refractivity contribution in [2.24, 2.45) is 0 Å². The molecule has 162 valence electrons. The molecular formula is C22H18FN5O3S. The van der Waals surface area contributed by atoms with Crippen LogP contribution in [0.2, 0.25) is 0 Å². The molecule has 3 aromatic heterocycles. The number of hydrogen-bond donors (Lipinski definition) is 1. The highest BCUT2D eigenvalue weighted by Crippen LogP contribution is 2.33. The number of methoxy groups -OCH3 is 1. The number of carbonyl (C=O) groups excluding carboxylic acids is 1. The SMILES string of the molecule is COc1ccccc1-c1cc(C)ncc1C(=O)Nc1nnc(OCc2cccc(F)n2)s1. The van der Waals surface area contributed by atoms with Gasteiger partial charge in [-0.25, -0.2) is 4.98 Å². The van der Waals surface area contributed by atoms with Gasteiger partial charge in [0, 0.05) is 23.0 Å². The van der Waals surface area contributed by atoms with Gasteiger partial charge in [-0.3, -0.25) is 15.1 Å². The molecule has 0 aliphatic rings. The number of halogens is 1. The molecule has 0 bridgehead atoms. The van der Waals surface area contributed by atoms with Crippen molar-refractivity contribution in [3.8, 4) is 22.1 Å². The standard InChI is InChI=1S/C22H18FN5O3S/c1-13-10-16(15-7-3-4-8-18(15)30-2)17(11-24-13)20(29)26-21-27-28-22(32-21)31-12-14-6-5-9-19(23)25-14/h3-11H,12H2,1-2H3,(H,26,27,29). The number of aromatic nitrogens is 4. The summed E-state index contributed by atoms with van der Waals surface area (Å²) in [5, 5.41) is 11.0. The molecule has 0 saturated heterocycles. The van der Waals surface area contributed by atoms with Gasteiger partial charge in [0.15, 0.2) is 0 Å². The Morgan fingerprint density at radius 1 is 1.12 bits per heavy atom. The lowest BCUT2D eigenvalue weighted by molar-refractivity contribution is 0.102. The first-order valence-electron chi connectivity index (χ1n) is 9.52. The van der Waals surface area contributed by atoms with Gasteiger partial charge in [0.2, 0.25) is 11.1 Å². The van der Waals surface area contributed by atoms with Crippen molar-refractivity contribution in [2.45, 2.75) is 13.5 Å². The maximum absolute atomic E-state index is 13.2. The van der Waals surface area contributed by atoms with Crippen LogP contribution in [0.4, 0.5) is 9.52 Å². The Morgan fingerprint density at radius 2 is 1.97 bits per heavy atom. The summed E-state index contributed by atoms with van der Waals surface area (Å²) in [6.07, 6.45) is 1.51. The fourth-order valence-electron chi connectivity index (χ4n) is 2.98. The molecule has 10 heteroatoms. The highest BCUT2D eigenvalue weighted by molar-refractivity contribution is 7.17. The third-order valence-corrected chi connectivity index (χ3v) is 5.18. The van der Waals surface area contributed by atoms with Crippen LogP contribution in [0.5, 0.6) is 10.9 Å². The highest BCUT2D eigenvalue weighted by Gasteiger charge is 2.18. The summed E-state index contributed by atoms with van der Waals surface area (Å²) in [6.45, 7) is 1.88. The zero-order chi connectivity index (χ0) is 22.5. The first kappa shape index (κ1) is 21.3. The quantitative estimate of drug-likeness (QED) is 0.419. The van der Waals surface area contributed by atoms with Gasteiger partial charge >= 0.3 is 0 Å². The third kappa shape index (κ3) is 4.86. The average Bonchev–Trinajstić information content (AvgIpc) is 3.24. The van der Waals surface area contributed by atoms with Gasteiger partial charge in [-0.05, 0) is 42.5 Å². The molecule has 0 spiro atoms. The fraction of sp³-hybridized carbons (Fsp3) is 0.136. The number of amides is 1. The number of anilines is 1. The number of nitrogens with one attached hydrogen (secondary N) is 1. The molecule has 1 amide bonds. The van der Waals surface area contributed by atoms with E-state index in [0.717, 1.165) is 22.6 Å². The molecule has 0 fully saturated rings. The van der Waals surface area contributed by atoms with E-state index in [4.69, 9.17) is 9.47 Å². The van der Waals surface area contributed by atoms with Gasteiger partial charge in [0.1, 0.15) is 12.4 Å². The maximum atomic E-state index is 13.2. The van der Waals surface area contributed by atoms with Crippen LogP contribution in [0.15, 0.2) is 54.7 Å². The van der Waals surface area contributed by atoms with Crippen LogP contribution in [0.1, 0.15) is 21.7 Å². The average molecular weight is 451 g/mol. The van der Waals surface area contributed by atoms with Gasteiger partial charge in [-0.15, -0.1) is 5.10 Å².